The zero-order valence-electron chi connectivity index (χ0n) is 7.29. The van der Waals surface area contributed by atoms with E-state index in [1.807, 2.05) is 0 Å². The van der Waals surface area contributed by atoms with Crippen molar-refractivity contribution in [2.45, 2.75) is 25.9 Å². The van der Waals surface area contributed by atoms with Gasteiger partial charge in [0.1, 0.15) is 0 Å². The molecule has 0 aromatic heterocycles. The second kappa shape index (κ2) is 4.93. The van der Waals surface area contributed by atoms with E-state index in [1.54, 1.807) is 13.0 Å². The first-order valence-corrected chi connectivity index (χ1v) is 4.29. The Morgan fingerprint density at radius 2 is 2.58 bits per heavy atom. The van der Waals surface area contributed by atoms with Crippen molar-refractivity contribution in [2.75, 3.05) is 13.2 Å². The molecule has 3 heteroatoms. The first-order chi connectivity index (χ1) is 5.83. The molecule has 1 unspecified atom stereocenters. The topological polar surface area (TPSA) is 35.5 Å². The van der Waals surface area contributed by atoms with Crippen molar-refractivity contribution >= 4 is 5.97 Å². The molecule has 0 aromatic rings. The summed E-state index contributed by atoms with van der Waals surface area (Å²) in [5.41, 5.74) is 0. The molecule has 0 N–H and O–H groups in total. The van der Waals surface area contributed by atoms with Gasteiger partial charge in [-0.2, -0.15) is 0 Å². The quantitative estimate of drug-likeness (QED) is 0.473. The largest absolute Gasteiger partial charge is 0.463 e. The molecule has 0 aromatic carbocycles. The fourth-order valence-electron chi connectivity index (χ4n) is 1.13. The highest BCUT2D eigenvalue weighted by Crippen LogP contribution is 2.12. The van der Waals surface area contributed by atoms with Gasteiger partial charge < -0.3 is 9.47 Å². The molecule has 1 aliphatic heterocycles. The predicted molar refractivity (Wildman–Crippen MR) is 44.7 cm³/mol. The molecule has 0 radical (unpaired) electrons. The van der Waals surface area contributed by atoms with Crippen LogP contribution in [0, 0.1) is 0 Å². The van der Waals surface area contributed by atoms with Crippen molar-refractivity contribution in [3.63, 3.8) is 0 Å². The molecule has 1 saturated heterocycles. The zero-order chi connectivity index (χ0) is 8.81. The van der Waals surface area contributed by atoms with Gasteiger partial charge in [0.15, 0.2) is 0 Å². The Morgan fingerprint density at radius 1 is 1.75 bits per heavy atom. The SMILES string of the molecule is CCOC(=O)/C=C/C1CCCO1. The molecular formula is C9H14O3. The standard InChI is InChI=1S/C9H14O3/c1-2-11-9(10)6-5-8-4-3-7-12-8/h5-6,8H,2-4,7H2,1H3/b6-5+. The maximum atomic E-state index is 10.8. The van der Waals surface area contributed by atoms with Gasteiger partial charge in [0.05, 0.1) is 12.7 Å². The zero-order valence-corrected chi connectivity index (χ0v) is 7.29. The Balaban J connectivity index is 2.23. The van der Waals surface area contributed by atoms with Gasteiger partial charge in [-0.05, 0) is 25.8 Å². The first kappa shape index (κ1) is 9.26. The van der Waals surface area contributed by atoms with E-state index in [0.717, 1.165) is 19.4 Å². The maximum Gasteiger partial charge on any atom is 0.330 e. The number of hydrogen-bond acceptors (Lipinski definition) is 3. The van der Waals surface area contributed by atoms with Crippen molar-refractivity contribution in [1.82, 2.24) is 0 Å². The smallest absolute Gasteiger partial charge is 0.330 e. The number of hydrogen-bond donors (Lipinski definition) is 0. The number of esters is 1. The monoisotopic (exact) mass is 170 g/mol. The fourth-order valence-corrected chi connectivity index (χ4v) is 1.13. The summed E-state index contributed by atoms with van der Waals surface area (Å²) in [6, 6.07) is 0. The second-order valence-corrected chi connectivity index (χ2v) is 2.66. The third kappa shape index (κ3) is 3.05. The second-order valence-electron chi connectivity index (χ2n) is 2.66. The van der Waals surface area contributed by atoms with E-state index in [4.69, 9.17) is 9.47 Å². The highest BCUT2D eigenvalue weighted by atomic mass is 16.5. The van der Waals surface area contributed by atoms with E-state index in [0.29, 0.717) is 6.61 Å². The summed E-state index contributed by atoms with van der Waals surface area (Å²) in [7, 11) is 0. The van der Waals surface area contributed by atoms with Gasteiger partial charge in [0.2, 0.25) is 0 Å². The van der Waals surface area contributed by atoms with Gasteiger partial charge in [-0.25, -0.2) is 4.79 Å². The van der Waals surface area contributed by atoms with E-state index < -0.39 is 0 Å². The van der Waals surface area contributed by atoms with Crippen LogP contribution < -0.4 is 0 Å². The Bertz CT molecular complexity index is 169. The minimum atomic E-state index is -0.284. The number of ether oxygens (including phenoxy) is 2. The lowest BCUT2D eigenvalue weighted by atomic mass is 10.2. The van der Waals surface area contributed by atoms with Crippen molar-refractivity contribution in [2.24, 2.45) is 0 Å². The Hall–Kier alpha value is -0.830. The minimum absolute atomic E-state index is 0.120. The van der Waals surface area contributed by atoms with Crippen LogP contribution in [0.4, 0.5) is 0 Å². The van der Waals surface area contributed by atoms with E-state index in [2.05, 4.69) is 0 Å². The normalized spacial score (nSPS) is 23.2. The number of rotatable bonds is 3. The maximum absolute atomic E-state index is 10.8. The molecular weight excluding hydrogens is 156 g/mol. The van der Waals surface area contributed by atoms with Crippen molar-refractivity contribution < 1.29 is 14.3 Å². The van der Waals surface area contributed by atoms with Crippen molar-refractivity contribution in [3.8, 4) is 0 Å². The van der Waals surface area contributed by atoms with Crippen LogP contribution in [-0.4, -0.2) is 25.3 Å². The highest BCUT2D eigenvalue weighted by molar-refractivity contribution is 5.81. The number of carbonyl (C=O) groups is 1. The van der Waals surface area contributed by atoms with Gasteiger partial charge in [-0.3, -0.25) is 0 Å². The molecule has 1 heterocycles. The molecule has 1 rings (SSSR count). The van der Waals surface area contributed by atoms with E-state index >= 15 is 0 Å². The summed E-state index contributed by atoms with van der Waals surface area (Å²) in [6.45, 7) is 3.02. The minimum Gasteiger partial charge on any atom is -0.463 e. The summed E-state index contributed by atoms with van der Waals surface area (Å²) < 4.78 is 10.0. The van der Waals surface area contributed by atoms with Gasteiger partial charge in [-0.1, -0.05) is 0 Å². The summed E-state index contributed by atoms with van der Waals surface area (Å²) >= 11 is 0. The Kier molecular flexibility index (Phi) is 3.80. The summed E-state index contributed by atoms with van der Waals surface area (Å²) in [5, 5.41) is 0. The molecule has 0 bridgehead atoms. The lowest BCUT2D eigenvalue weighted by Gasteiger charge is -2.00. The molecule has 3 nitrogen and oxygen atoms in total. The van der Waals surface area contributed by atoms with Crippen LogP contribution in [0.2, 0.25) is 0 Å². The van der Waals surface area contributed by atoms with E-state index in [9.17, 15) is 4.79 Å². The summed E-state index contributed by atoms with van der Waals surface area (Å²) in [4.78, 5) is 10.8. The van der Waals surface area contributed by atoms with Crippen LogP contribution in [0.25, 0.3) is 0 Å². The van der Waals surface area contributed by atoms with Crippen molar-refractivity contribution in [1.29, 1.82) is 0 Å². The van der Waals surface area contributed by atoms with Gasteiger partial charge in [0.25, 0.3) is 0 Å². The molecule has 0 amide bonds. The molecule has 1 fully saturated rings. The molecule has 1 atom stereocenters. The summed E-state index contributed by atoms with van der Waals surface area (Å²) in [5.74, 6) is -0.284. The van der Waals surface area contributed by atoms with Crippen LogP contribution in [-0.2, 0) is 14.3 Å². The molecule has 12 heavy (non-hydrogen) atoms. The van der Waals surface area contributed by atoms with Gasteiger partial charge in [-0.15, -0.1) is 0 Å². The lowest BCUT2D eigenvalue weighted by molar-refractivity contribution is -0.137. The average molecular weight is 170 g/mol. The molecule has 0 saturated carbocycles. The molecule has 68 valence electrons. The first-order valence-electron chi connectivity index (χ1n) is 4.29. The Morgan fingerprint density at radius 3 is 3.17 bits per heavy atom. The van der Waals surface area contributed by atoms with Gasteiger partial charge >= 0.3 is 5.97 Å². The van der Waals surface area contributed by atoms with E-state index in [1.165, 1.54) is 6.08 Å². The van der Waals surface area contributed by atoms with Crippen LogP contribution in [0.3, 0.4) is 0 Å². The third-order valence-corrected chi connectivity index (χ3v) is 1.70. The van der Waals surface area contributed by atoms with Crippen LogP contribution in [0.1, 0.15) is 19.8 Å². The Labute approximate surface area is 72.4 Å². The average Bonchev–Trinajstić information content (AvgIpc) is 2.53. The van der Waals surface area contributed by atoms with E-state index in [-0.39, 0.29) is 12.1 Å². The molecule has 0 spiro atoms. The van der Waals surface area contributed by atoms with Crippen LogP contribution in [0.15, 0.2) is 12.2 Å². The summed E-state index contributed by atoms with van der Waals surface area (Å²) in [6.07, 6.45) is 5.42. The fraction of sp³-hybridized carbons (Fsp3) is 0.667. The van der Waals surface area contributed by atoms with Crippen molar-refractivity contribution in [3.05, 3.63) is 12.2 Å². The number of carbonyl (C=O) groups excluding carboxylic acids is 1. The molecule has 1 aliphatic rings. The lowest BCUT2D eigenvalue weighted by Crippen LogP contribution is -2.03. The predicted octanol–water partition coefficient (Wildman–Crippen LogP) is 1.28. The van der Waals surface area contributed by atoms with Crippen LogP contribution >= 0.6 is 0 Å². The van der Waals surface area contributed by atoms with Gasteiger partial charge in [0, 0.05) is 12.7 Å². The van der Waals surface area contributed by atoms with Crippen LogP contribution in [0.5, 0.6) is 0 Å². The molecule has 0 aliphatic carbocycles. The third-order valence-electron chi connectivity index (χ3n) is 1.70. The highest BCUT2D eigenvalue weighted by Gasteiger charge is 2.11.